The van der Waals surface area contributed by atoms with Crippen molar-refractivity contribution in [1.82, 2.24) is 9.88 Å². The minimum atomic E-state index is -0.204. The van der Waals surface area contributed by atoms with E-state index in [2.05, 4.69) is 11.1 Å². The zero-order chi connectivity index (χ0) is 15.6. The Kier molecular flexibility index (Phi) is 4.43. The van der Waals surface area contributed by atoms with Gasteiger partial charge in [0.2, 0.25) is 0 Å². The van der Waals surface area contributed by atoms with Crippen LogP contribution in [0, 0.1) is 24.2 Å². The van der Waals surface area contributed by atoms with E-state index in [1.165, 1.54) is 11.3 Å². The van der Waals surface area contributed by atoms with Gasteiger partial charge in [-0.05, 0) is 32.9 Å². The predicted octanol–water partition coefficient (Wildman–Crippen LogP) is 2.81. The van der Waals surface area contributed by atoms with Gasteiger partial charge in [0, 0.05) is 24.2 Å². The van der Waals surface area contributed by atoms with E-state index in [0.29, 0.717) is 23.7 Å². The van der Waals surface area contributed by atoms with Crippen molar-refractivity contribution in [3.05, 3.63) is 22.7 Å². The summed E-state index contributed by atoms with van der Waals surface area (Å²) in [6.07, 6.45) is 0. The van der Waals surface area contributed by atoms with Crippen molar-refractivity contribution in [2.45, 2.75) is 20.8 Å². The summed E-state index contributed by atoms with van der Waals surface area (Å²) in [5, 5.41) is 9.73. The van der Waals surface area contributed by atoms with E-state index in [4.69, 9.17) is 11.0 Å². The number of anilines is 1. The molecule has 0 aliphatic rings. The number of aromatic nitrogens is 1. The van der Waals surface area contributed by atoms with Gasteiger partial charge in [-0.25, -0.2) is 4.98 Å². The number of amides is 1. The summed E-state index contributed by atoms with van der Waals surface area (Å²) < 4.78 is 0. The quantitative estimate of drug-likeness (QED) is 0.941. The highest BCUT2D eigenvalue weighted by molar-refractivity contribution is 7.21. The lowest BCUT2D eigenvalue weighted by atomic mass is 10.2. The van der Waals surface area contributed by atoms with E-state index in [9.17, 15) is 4.79 Å². The maximum atomic E-state index is 12.6. The second kappa shape index (κ2) is 6.10. The summed E-state index contributed by atoms with van der Waals surface area (Å²) in [6, 6.07) is 5.93. The largest absolute Gasteiger partial charge is 0.397 e. The van der Waals surface area contributed by atoms with E-state index >= 15 is 0 Å². The molecule has 21 heavy (non-hydrogen) atoms. The molecule has 0 bridgehead atoms. The van der Waals surface area contributed by atoms with Gasteiger partial charge in [-0.1, -0.05) is 0 Å². The van der Waals surface area contributed by atoms with E-state index in [-0.39, 0.29) is 11.8 Å². The lowest BCUT2D eigenvalue weighted by Crippen LogP contribution is -2.34. The third kappa shape index (κ3) is 2.98. The predicted molar refractivity (Wildman–Crippen MR) is 85.1 cm³/mol. The number of aryl methyl sites for hydroxylation is 1. The van der Waals surface area contributed by atoms with Crippen molar-refractivity contribution in [3.63, 3.8) is 0 Å². The van der Waals surface area contributed by atoms with Crippen LogP contribution in [0.2, 0.25) is 0 Å². The van der Waals surface area contributed by atoms with Crippen molar-refractivity contribution >= 4 is 33.1 Å². The van der Waals surface area contributed by atoms with Crippen molar-refractivity contribution in [3.8, 4) is 6.07 Å². The smallest absolute Gasteiger partial charge is 0.266 e. The van der Waals surface area contributed by atoms with E-state index in [1.807, 2.05) is 26.0 Å². The van der Waals surface area contributed by atoms with Crippen LogP contribution in [0.1, 0.15) is 29.2 Å². The Labute approximate surface area is 128 Å². The summed E-state index contributed by atoms with van der Waals surface area (Å²) in [6.45, 7) is 6.56. The highest BCUT2D eigenvalue weighted by Gasteiger charge is 2.22. The number of thiophene rings is 1. The summed E-state index contributed by atoms with van der Waals surface area (Å²) in [4.78, 5) is 20.0. The normalized spacial score (nSPS) is 12.1. The topological polar surface area (TPSA) is 83.0 Å². The Morgan fingerprint density at radius 1 is 1.57 bits per heavy atom. The molecule has 2 aromatic heterocycles. The van der Waals surface area contributed by atoms with Crippen LogP contribution in [0.15, 0.2) is 12.1 Å². The molecule has 1 unspecified atom stereocenters. The van der Waals surface area contributed by atoms with Crippen molar-refractivity contribution in [1.29, 1.82) is 5.26 Å². The van der Waals surface area contributed by atoms with Crippen LogP contribution < -0.4 is 5.73 Å². The molecule has 0 aliphatic heterocycles. The van der Waals surface area contributed by atoms with Crippen LogP contribution in [-0.2, 0) is 0 Å². The van der Waals surface area contributed by atoms with Crippen molar-refractivity contribution < 1.29 is 4.79 Å². The van der Waals surface area contributed by atoms with E-state index < -0.39 is 0 Å². The van der Waals surface area contributed by atoms with E-state index in [0.717, 1.165) is 15.9 Å². The third-order valence-corrected chi connectivity index (χ3v) is 4.41. The van der Waals surface area contributed by atoms with Crippen molar-refractivity contribution in [2.75, 3.05) is 18.8 Å². The Morgan fingerprint density at radius 3 is 2.90 bits per heavy atom. The van der Waals surface area contributed by atoms with Crippen LogP contribution in [0.4, 0.5) is 5.69 Å². The molecule has 0 spiro atoms. The molecule has 5 nitrogen and oxygen atoms in total. The summed E-state index contributed by atoms with van der Waals surface area (Å²) in [5.74, 6) is -0.331. The number of nitrogens with two attached hydrogens (primary N) is 1. The standard InChI is InChI=1S/C15H18N4OS/c1-4-19(8-9(2)7-16)15(20)13-12(17)11-6-5-10(3)18-14(11)21-13/h5-6,9H,4,8,17H2,1-3H3. The zero-order valence-electron chi connectivity index (χ0n) is 12.4. The van der Waals surface area contributed by atoms with Gasteiger partial charge in [-0.3, -0.25) is 4.79 Å². The van der Waals surface area contributed by atoms with Gasteiger partial charge in [0.1, 0.15) is 9.71 Å². The fraction of sp³-hybridized carbons (Fsp3) is 0.400. The number of hydrogen-bond acceptors (Lipinski definition) is 5. The molecular weight excluding hydrogens is 284 g/mol. The van der Waals surface area contributed by atoms with Gasteiger partial charge in [-0.2, -0.15) is 5.26 Å². The Hall–Kier alpha value is -2.13. The second-order valence-corrected chi connectivity index (χ2v) is 6.02. The molecule has 0 aliphatic carbocycles. The summed E-state index contributed by atoms with van der Waals surface area (Å²) >= 11 is 1.31. The highest BCUT2D eigenvalue weighted by atomic mass is 32.1. The lowest BCUT2D eigenvalue weighted by Gasteiger charge is -2.21. The van der Waals surface area contributed by atoms with E-state index in [1.54, 1.807) is 11.8 Å². The average Bonchev–Trinajstić information content (AvgIpc) is 2.80. The van der Waals surface area contributed by atoms with Crippen LogP contribution in [0.25, 0.3) is 10.2 Å². The number of hydrogen-bond donors (Lipinski definition) is 1. The fourth-order valence-electron chi connectivity index (χ4n) is 2.12. The summed E-state index contributed by atoms with van der Waals surface area (Å²) in [5.41, 5.74) is 7.48. The first kappa shape index (κ1) is 15.3. The van der Waals surface area contributed by atoms with Gasteiger partial charge in [0.05, 0.1) is 17.7 Å². The number of nitriles is 1. The van der Waals surface area contributed by atoms with Gasteiger partial charge >= 0.3 is 0 Å². The second-order valence-electron chi connectivity index (χ2n) is 5.02. The molecule has 0 fully saturated rings. The van der Waals surface area contributed by atoms with Gasteiger partial charge in [0.15, 0.2) is 0 Å². The van der Waals surface area contributed by atoms with Gasteiger partial charge < -0.3 is 10.6 Å². The first-order valence-corrected chi connectivity index (χ1v) is 7.64. The van der Waals surface area contributed by atoms with Gasteiger partial charge in [0.25, 0.3) is 5.91 Å². The molecule has 2 heterocycles. The molecule has 0 saturated heterocycles. The Morgan fingerprint density at radius 2 is 2.29 bits per heavy atom. The van der Waals surface area contributed by atoms with Crippen LogP contribution in [0.3, 0.4) is 0 Å². The summed E-state index contributed by atoms with van der Waals surface area (Å²) in [7, 11) is 0. The molecule has 110 valence electrons. The average molecular weight is 302 g/mol. The molecule has 0 radical (unpaired) electrons. The number of nitrogen functional groups attached to an aromatic ring is 1. The molecule has 1 atom stereocenters. The fourth-order valence-corrected chi connectivity index (χ4v) is 3.23. The molecule has 1 amide bonds. The monoisotopic (exact) mass is 302 g/mol. The Balaban J connectivity index is 2.38. The highest BCUT2D eigenvalue weighted by Crippen LogP contribution is 2.33. The lowest BCUT2D eigenvalue weighted by molar-refractivity contribution is 0.0758. The minimum absolute atomic E-state index is 0.127. The van der Waals surface area contributed by atoms with Crippen LogP contribution >= 0.6 is 11.3 Å². The zero-order valence-corrected chi connectivity index (χ0v) is 13.2. The maximum Gasteiger partial charge on any atom is 0.266 e. The molecular formula is C15H18N4OS. The first-order chi connectivity index (χ1) is 9.97. The minimum Gasteiger partial charge on any atom is -0.397 e. The number of fused-ring (bicyclic) bond motifs is 1. The molecule has 2 N–H and O–H groups in total. The molecule has 2 rings (SSSR count). The molecule has 0 saturated carbocycles. The van der Waals surface area contributed by atoms with Crippen molar-refractivity contribution in [2.24, 2.45) is 5.92 Å². The molecule has 6 heteroatoms. The number of carbonyl (C=O) groups is 1. The number of carbonyl (C=O) groups excluding carboxylic acids is 1. The number of nitrogens with zero attached hydrogens (tertiary/aromatic N) is 3. The first-order valence-electron chi connectivity index (χ1n) is 6.82. The maximum absolute atomic E-state index is 12.6. The van der Waals surface area contributed by atoms with Crippen LogP contribution in [0.5, 0.6) is 0 Å². The number of pyridine rings is 1. The molecule has 0 aromatic carbocycles. The van der Waals surface area contributed by atoms with Crippen LogP contribution in [-0.4, -0.2) is 28.9 Å². The SMILES string of the molecule is CCN(CC(C)C#N)C(=O)c1sc2nc(C)ccc2c1N. The number of rotatable bonds is 4. The molecule has 2 aromatic rings. The Bertz CT molecular complexity index is 716. The third-order valence-electron chi connectivity index (χ3n) is 3.31. The van der Waals surface area contributed by atoms with Gasteiger partial charge in [-0.15, -0.1) is 11.3 Å².